The molecule has 104 valence electrons. The second-order valence-electron chi connectivity index (χ2n) is 5.38. The molecule has 0 fully saturated rings. The Morgan fingerprint density at radius 1 is 1.10 bits per heavy atom. The van der Waals surface area contributed by atoms with Crippen LogP contribution in [0.4, 0.5) is 0 Å². The van der Waals surface area contributed by atoms with Crippen LogP contribution in [-0.4, -0.2) is 6.10 Å². The zero-order valence-electron chi connectivity index (χ0n) is 11.9. The third-order valence-electron chi connectivity index (χ3n) is 4.14. The van der Waals surface area contributed by atoms with Crippen molar-refractivity contribution in [3.63, 3.8) is 0 Å². The summed E-state index contributed by atoms with van der Waals surface area (Å²) in [5, 5.41) is 0. The van der Waals surface area contributed by atoms with Gasteiger partial charge in [0.05, 0.1) is 6.04 Å². The quantitative estimate of drug-likeness (QED) is 0.921. The van der Waals surface area contributed by atoms with E-state index in [1.54, 1.807) is 0 Å². The molecule has 2 nitrogen and oxygen atoms in total. The Morgan fingerprint density at radius 3 is 2.70 bits per heavy atom. The first-order valence-corrected chi connectivity index (χ1v) is 7.37. The molecule has 1 aliphatic rings. The van der Waals surface area contributed by atoms with Gasteiger partial charge < -0.3 is 10.5 Å². The monoisotopic (exact) mass is 267 g/mol. The Labute approximate surface area is 120 Å². The molecular weight excluding hydrogens is 246 g/mol. The molecule has 0 saturated heterocycles. The minimum absolute atomic E-state index is 0.0372. The van der Waals surface area contributed by atoms with Crippen LogP contribution in [0.2, 0.25) is 0 Å². The molecule has 2 unspecified atom stereocenters. The Balaban J connectivity index is 1.83. The molecule has 0 bridgehead atoms. The molecule has 0 saturated carbocycles. The van der Waals surface area contributed by atoms with Crippen molar-refractivity contribution >= 4 is 0 Å². The van der Waals surface area contributed by atoms with Crippen LogP contribution < -0.4 is 10.5 Å². The fourth-order valence-electron chi connectivity index (χ4n) is 2.97. The normalized spacial score (nSPS) is 21.3. The van der Waals surface area contributed by atoms with Crippen LogP contribution in [0.25, 0.3) is 0 Å². The van der Waals surface area contributed by atoms with E-state index in [-0.39, 0.29) is 12.1 Å². The van der Waals surface area contributed by atoms with Crippen molar-refractivity contribution in [2.75, 3.05) is 0 Å². The summed E-state index contributed by atoms with van der Waals surface area (Å²) < 4.78 is 6.22. The summed E-state index contributed by atoms with van der Waals surface area (Å²) in [6.07, 6.45) is 3.07. The molecule has 0 aromatic heterocycles. The van der Waals surface area contributed by atoms with E-state index in [0.717, 1.165) is 25.0 Å². The van der Waals surface area contributed by atoms with Gasteiger partial charge >= 0.3 is 0 Å². The number of benzene rings is 2. The van der Waals surface area contributed by atoms with E-state index in [0.29, 0.717) is 0 Å². The highest BCUT2D eigenvalue weighted by Crippen LogP contribution is 2.32. The molecule has 2 atom stereocenters. The molecular formula is C18H21NO. The molecule has 0 amide bonds. The lowest BCUT2D eigenvalue weighted by atomic mass is 9.86. The van der Waals surface area contributed by atoms with Crippen molar-refractivity contribution in [3.05, 3.63) is 65.2 Å². The predicted molar refractivity (Wildman–Crippen MR) is 81.9 cm³/mol. The number of rotatable bonds is 3. The first-order chi connectivity index (χ1) is 9.79. The summed E-state index contributed by atoms with van der Waals surface area (Å²) in [6.45, 7) is 2.15. The fourth-order valence-corrected chi connectivity index (χ4v) is 2.97. The van der Waals surface area contributed by atoms with Crippen LogP contribution in [0.5, 0.6) is 5.75 Å². The second kappa shape index (κ2) is 5.68. The standard InChI is InChI=1S/C18H21NO/c1-2-13-7-4-6-10-16(13)20-17-12-11-14-8-3-5-9-15(14)18(17)19/h3-10,17-18H,2,11-12,19H2,1H3. The lowest BCUT2D eigenvalue weighted by Crippen LogP contribution is -2.36. The van der Waals surface area contributed by atoms with E-state index in [1.807, 2.05) is 12.1 Å². The molecule has 2 N–H and O–H groups in total. The lowest BCUT2D eigenvalue weighted by Gasteiger charge is -2.32. The summed E-state index contributed by atoms with van der Waals surface area (Å²) in [4.78, 5) is 0. The minimum atomic E-state index is -0.0372. The Kier molecular flexibility index (Phi) is 3.75. The Hall–Kier alpha value is -1.80. The van der Waals surface area contributed by atoms with Gasteiger partial charge in [0.15, 0.2) is 0 Å². The highest BCUT2D eigenvalue weighted by molar-refractivity contribution is 5.36. The average Bonchev–Trinajstić information content (AvgIpc) is 2.51. The third kappa shape index (κ3) is 2.44. The van der Waals surface area contributed by atoms with E-state index in [4.69, 9.17) is 10.5 Å². The van der Waals surface area contributed by atoms with Gasteiger partial charge in [-0.25, -0.2) is 0 Å². The van der Waals surface area contributed by atoms with Crippen LogP contribution in [-0.2, 0) is 12.8 Å². The van der Waals surface area contributed by atoms with Gasteiger partial charge in [-0.05, 0) is 42.0 Å². The van der Waals surface area contributed by atoms with Gasteiger partial charge in [0.2, 0.25) is 0 Å². The summed E-state index contributed by atoms with van der Waals surface area (Å²) in [5.74, 6) is 0.981. The molecule has 2 aromatic rings. The molecule has 0 aliphatic heterocycles. The summed E-state index contributed by atoms with van der Waals surface area (Å²) >= 11 is 0. The molecule has 0 radical (unpaired) electrons. The summed E-state index contributed by atoms with van der Waals surface area (Å²) in [6, 6.07) is 16.7. The molecule has 0 heterocycles. The SMILES string of the molecule is CCc1ccccc1OC1CCc2ccccc2C1N. The molecule has 0 spiro atoms. The van der Waals surface area contributed by atoms with E-state index < -0.39 is 0 Å². The Bertz CT molecular complexity index is 593. The van der Waals surface area contributed by atoms with Crippen molar-refractivity contribution in [2.24, 2.45) is 5.73 Å². The topological polar surface area (TPSA) is 35.2 Å². The van der Waals surface area contributed by atoms with E-state index in [9.17, 15) is 0 Å². The van der Waals surface area contributed by atoms with Crippen molar-refractivity contribution in [1.29, 1.82) is 0 Å². The molecule has 1 aliphatic carbocycles. The van der Waals surface area contributed by atoms with Gasteiger partial charge in [-0.15, -0.1) is 0 Å². The predicted octanol–water partition coefficient (Wildman–Crippen LogP) is 3.64. The highest BCUT2D eigenvalue weighted by Gasteiger charge is 2.28. The lowest BCUT2D eigenvalue weighted by molar-refractivity contribution is 0.152. The van der Waals surface area contributed by atoms with Crippen molar-refractivity contribution in [1.82, 2.24) is 0 Å². The van der Waals surface area contributed by atoms with Crippen molar-refractivity contribution < 1.29 is 4.74 Å². The molecule has 2 heteroatoms. The maximum Gasteiger partial charge on any atom is 0.122 e. The van der Waals surface area contributed by atoms with Crippen LogP contribution in [0.1, 0.15) is 36.1 Å². The van der Waals surface area contributed by atoms with Gasteiger partial charge in [-0.1, -0.05) is 49.4 Å². The zero-order valence-corrected chi connectivity index (χ0v) is 11.9. The minimum Gasteiger partial charge on any atom is -0.488 e. The van der Waals surface area contributed by atoms with Crippen LogP contribution in [0.15, 0.2) is 48.5 Å². The smallest absolute Gasteiger partial charge is 0.122 e. The summed E-state index contributed by atoms with van der Waals surface area (Å²) in [7, 11) is 0. The number of nitrogens with two attached hydrogens (primary N) is 1. The van der Waals surface area contributed by atoms with Gasteiger partial charge in [0, 0.05) is 0 Å². The molecule has 2 aromatic carbocycles. The number of hydrogen-bond acceptors (Lipinski definition) is 2. The van der Waals surface area contributed by atoms with Crippen LogP contribution >= 0.6 is 0 Å². The maximum absolute atomic E-state index is 6.40. The van der Waals surface area contributed by atoms with Crippen LogP contribution in [0.3, 0.4) is 0 Å². The molecule has 20 heavy (non-hydrogen) atoms. The average molecular weight is 267 g/mol. The van der Waals surface area contributed by atoms with Crippen molar-refractivity contribution in [2.45, 2.75) is 38.3 Å². The zero-order chi connectivity index (χ0) is 13.9. The second-order valence-corrected chi connectivity index (χ2v) is 5.38. The first kappa shape index (κ1) is 13.2. The maximum atomic E-state index is 6.40. The number of hydrogen-bond donors (Lipinski definition) is 1. The van der Waals surface area contributed by atoms with E-state index >= 15 is 0 Å². The first-order valence-electron chi connectivity index (χ1n) is 7.37. The van der Waals surface area contributed by atoms with Crippen molar-refractivity contribution in [3.8, 4) is 5.75 Å². The third-order valence-corrected chi connectivity index (χ3v) is 4.14. The van der Waals surface area contributed by atoms with Gasteiger partial charge in [-0.3, -0.25) is 0 Å². The fraction of sp³-hybridized carbons (Fsp3) is 0.333. The highest BCUT2D eigenvalue weighted by atomic mass is 16.5. The number of fused-ring (bicyclic) bond motifs is 1. The van der Waals surface area contributed by atoms with Gasteiger partial charge in [-0.2, -0.15) is 0 Å². The van der Waals surface area contributed by atoms with Gasteiger partial charge in [0.25, 0.3) is 0 Å². The largest absolute Gasteiger partial charge is 0.488 e. The van der Waals surface area contributed by atoms with E-state index in [2.05, 4.69) is 43.3 Å². The van der Waals surface area contributed by atoms with Gasteiger partial charge in [0.1, 0.15) is 11.9 Å². The number of ether oxygens (including phenoxy) is 1. The van der Waals surface area contributed by atoms with Crippen LogP contribution in [0, 0.1) is 0 Å². The Morgan fingerprint density at radius 2 is 1.85 bits per heavy atom. The number of aryl methyl sites for hydroxylation is 2. The number of para-hydroxylation sites is 1. The molecule has 3 rings (SSSR count). The van der Waals surface area contributed by atoms with E-state index in [1.165, 1.54) is 16.7 Å². The summed E-state index contributed by atoms with van der Waals surface area (Å²) in [5.41, 5.74) is 10.3.